The molecule has 0 radical (unpaired) electrons. The first-order valence-electron chi connectivity index (χ1n) is 12.8. The average molecular weight is 600 g/mol. The van der Waals surface area contributed by atoms with Crippen LogP contribution in [-0.2, 0) is 14.9 Å². The van der Waals surface area contributed by atoms with Crippen molar-refractivity contribution in [2.24, 2.45) is 9.98 Å². The van der Waals surface area contributed by atoms with Crippen LogP contribution in [0.25, 0.3) is 0 Å². The molecule has 0 saturated heterocycles. The molecule has 1 aliphatic carbocycles. The van der Waals surface area contributed by atoms with Crippen LogP contribution in [0.4, 0.5) is 13.2 Å². The van der Waals surface area contributed by atoms with E-state index in [9.17, 15) is 26.4 Å². The highest BCUT2D eigenvalue weighted by Crippen LogP contribution is 2.36. The number of alkyl halides is 4. The number of halogens is 4. The minimum Gasteiger partial charge on any atom is -0.441 e. The first-order valence-corrected chi connectivity index (χ1v) is 14.7. The van der Waals surface area contributed by atoms with Gasteiger partial charge in [0.05, 0.1) is 24.0 Å². The van der Waals surface area contributed by atoms with Crippen molar-refractivity contribution in [3.05, 3.63) is 65.7 Å². The van der Waals surface area contributed by atoms with E-state index in [2.05, 4.69) is 9.18 Å². The maximum atomic E-state index is 12.5. The second-order valence-corrected chi connectivity index (χ2v) is 11.6. The van der Waals surface area contributed by atoms with Crippen LogP contribution in [0.15, 0.2) is 64.6 Å². The fraction of sp³-hybridized carbons (Fsp3) is 0.444. The van der Waals surface area contributed by atoms with Gasteiger partial charge < -0.3 is 13.8 Å². The molecule has 0 bridgehead atoms. The van der Waals surface area contributed by atoms with Gasteiger partial charge in [-0.3, -0.25) is 4.99 Å². The van der Waals surface area contributed by atoms with E-state index in [0.29, 0.717) is 17.8 Å². The highest BCUT2D eigenvalue weighted by molar-refractivity contribution is 7.88. The summed E-state index contributed by atoms with van der Waals surface area (Å²) < 4.78 is 69.6. The van der Waals surface area contributed by atoms with Crippen LogP contribution in [-0.4, -0.2) is 61.2 Å². The molecule has 0 N–H and O–H groups in total. The predicted molar refractivity (Wildman–Crippen MR) is 145 cm³/mol. The largest absolute Gasteiger partial charge is 0.534 e. The Labute approximate surface area is 236 Å². The van der Waals surface area contributed by atoms with Crippen molar-refractivity contribution in [2.75, 3.05) is 6.73 Å². The van der Waals surface area contributed by atoms with Crippen LogP contribution in [0.5, 0.6) is 5.75 Å². The van der Waals surface area contributed by atoms with E-state index in [4.69, 9.17) is 21.3 Å². The summed E-state index contributed by atoms with van der Waals surface area (Å²) in [7, 11) is -5.70. The lowest BCUT2D eigenvalue weighted by Gasteiger charge is -2.35. The Bertz CT molecular complexity index is 1330. The summed E-state index contributed by atoms with van der Waals surface area (Å²) in [5.41, 5.74) is -4.13. The Morgan fingerprint density at radius 2 is 1.73 bits per heavy atom. The number of aliphatic imine (C=N–C) groups is 2. The number of hydrogen-bond acceptors (Lipinski definition) is 7. The van der Waals surface area contributed by atoms with Gasteiger partial charge in [0.2, 0.25) is 0 Å². The van der Waals surface area contributed by atoms with Crippen molar-refractivity contribution >= 4 is 39.9 Å². The van der Waals surface area contributed by atoms with E-state index < -0.39 is 27.0 Å². The molecule has 1 fully saturated rings. The fourth-order valence-corrected chi connectivity index (χ4v) is 5.69. The Morgan fingerprint density at radius 3 is 2.33 bits per heavy atom. The first-order chi connectivity index (χ1) is 19.0. The molecule has 0 amide bonds. The summed E-state index contributed by atoms with van der Waals surface area (Å²) in [6.45, 7) is 2.01. The van der Waals surface area contributed by atoms with Gasteiger partial charge in [0.15, 0.2) is 6.73 Å². The second kappa shape index (κ2) is 12.6. The van der Waals surface area contributed by atoms with Gasteiger partial charge in [0.25, 0.3) is 0 Å². The molecule has 0 spiro atoms. The number of rotatable bonds is 8. The predicted octanol–water partition coefficient (Wildman–Crippen LogP) is 5.88. The van der Waals surface area contributed by atoms with E-state index >= 15 is 0 Å². The second-order valence-electron chi connectivity index (χ2n) is 9.61. The summed E-state index contributed by atoms with van der Waals surface area (Å²) in [5.74, 6) is -0.127. The highest BCUT2D eigenvalue weighted by Gasteiger charge is 2.48. The molecule has 2 aliphatic rings. The van der Waals surface area contributed by atoms with Crippen LogP contribution in [0.1, 0.15) is 60.9 Å². The third kappa shape index (κ3) is 7.14. The van der Waals surface area contributed by atoms with E-state index in [0.717, 1.165) is 31.2 Å². The van der Waals surface area contributed by atoms with Crippen LogP contribution in [0.2, 0.25) is 0 Å². The lowest BCUT2D eigenvalue weighted by molar-refractivity contribution is -0.0500. The number of carbonyl (C=O) groups is 1. The van der Waals surface area contributed by atoms with Gasteiger partial charge >= 0.3 is 21.6 Å². The zero-order chi connectivity index (χ0) is 28.9. The zero-order valence-corrected chi connectivity index (χ0v) is 23.2. The third-order valence-corrected chi connectivity index (χ3v) is 8.44. The SMILES string of the molecule is CCC1C(Cl)C(=NC2CCC(c3ccc(OS(=O)(=O)C(F)(F)F)cc3)CC2)N=CN1COC(=O)c1ccccc1. The van der Waals surface area contributed by atoms with Crippen molar-refractivity contribution in [1.82, 2.24) is 4.90 Å². The lowest BCUT2D eigenvalue weighted by Crippen LogP contribution is -2.48. The quantitative estimate of drug-likeness (QED) is 0.163. The van der Waals surface area contributed by atoms with Crippen molar-refractivity contribution in [3.63, 3.8) is 0 Å². The third-order valence-electron chi connectivity index (χ3n) is 6.97. The van der Waals surface area contributed by atoms with Crippen molar-refractivity contribution < 1.29 is 35.3 Å². The first kappa shape index (κ1) is 29.9. The van der Waals surface area contributed by atoms with Crippen LogP contribution < -0.4 is 4.18 Å². The Morgan fingerprint density at radius 1 is 1.07 bits per heavy atom. The van der Waals surface area contributed by atoms with Gasteiger partial charge in [0, 0.05) is 0 Å². The fourth-order valence-electron chi connectivity index (χ4n) is 4.79. The van der Waals surface area contributed by atoms with Crippen molar-refractivity contribution in [3.8, 4) is 5.75 Å². The molecule has 4 rings (SSSR count). The van der Waals surface area contributed by atoms with Gasteiger partial charge in [-0.2, -0.15) is 21.6 Å². The molecule has 1 saturated carbocycles. The highest BCUT2D eigenvalue weighted by atomic mass is 35.5. The smallest absolute Gasteiger partial charge is 0.441 e. The summed E-state index contributed by atoms with van der Waals surface area (Å²) in [4.78, 5) is 23.4. The average Bonchev–Trinajstić information content (AvgIpc) is 2.93. The van der Waals surface area contributed by atoms with E-state index in [-0.39, 0.29) is 30.5 Å². The standard InChI is InChI=1S/C27H29ClF3N3O5S/c1-2-23-24(28)25(32-16-34(23)17-38-26(35)20-6-4-3-5-7-20)33-21-12-8-18(9-13-21)19-10-14-22(15-11-19)39-40(36,37)27(29,30)31/h3-7,10-11,14-16,18,21,23-24H,2,8-9,12-13,17H2,1H3. The Balaban J connectivity index is 1.32. The number of esters is 1. The summed E-state index contributed by atoms with van der Waals surface area (Å²) in [6, 6.07) is 14.2. The summed E-state index contributed by atoms with van der Waals surface area (Å²) in [6.07, 6.45) is 5.42. The Kier molecular flexibility index (Phi) is 9.40. The molecule has 2 aromatic rings. The molecule has 2 unspecified atom stereocenters. The molecule has 0 aromatic heterocycles. The van der Waals surface area contributed by atoms with Gasteiger partial charge in [-0.05, 0) is 67.9 Å². The van der Waals surface area contributed by atoms with Crippen LogP contribution in [0.3, 0.4) is 0 Å². The summed E-state index contributed by atoms with van der Waals surface area (Å²) >= 11 is 6.76. The number of benzene rings is 2. The van der Waals surface area contributed by atoms with Crippen molar-refractivity contribution in [2.45, 2.75) is 67.9 Å². The molecule has 2 atom stereocenters. The summed E-state index contributed by atoms with van der Waals surface area (Å²) in [5, 5.41) is -0.483. The van der Waals surface area contributed by atoms with Crippen molar-refractivity contribution in [1.29, 1.82) is 0 Å². The van der Waals surface area contributed by atoms with Crippen LogP contribution in [0, 0.1) is 0 Å². The maximum absolute atomic E-state index is 12.5. The molecule has 8 nitrogen and oxygen atoms in total. The monoisotopic (exact) mass is 599 g/mol. The van der Waals surface area contributed by atoms with Gasteiger partial charge in [-0.25, -0.2) is 9.79 Å². The molecule has 40 heavy (non-hydrogen) atoms. The number of ether oxygens (including phenoxy) is 1. The number of amidine groups is 1. The molecule has 216 valence electrons. The van der Waals surface area contributed by atoms with Gasteiger partial charge in [-0.15, -0.1) is 11.6 Å². The lowest BCUT2D eigenvalue weighted by atomic mass is 9.82. The molecule has 13 heteroatoms. The minimum absolute atomic E-state index is 0.0172. The maximum Gasteiger partial charge on any atom is 0.534 e. The van der Waals surface area contributed by atoms with Gasteiger partial charge in [0.1, 0.15) is 17.0 Å². The van der Waals surface area contributed by atoms with Crippen LogP contribution >= 0.6 is 11.6 Å². The van der Waals surface area contributed by atoms with E-state index in [1.165, 1.54) is 12.1 Å². The molecular weight excluding hydrogens is 571 g/mol. The van der Waals surface area contributed by atoms with E-state index in [1.54, 1.807) is 47.6 Å². The number of hydrogen-bond donors (Lipinski definition) is 0. The molecule has 1 aliphatic heterocycles. The van der Waals surface area contributed by atoms with Gasteiger partial charge in [-0.1, -0.05) is 37.3 Å². The molecule has 1 heterocycles. The molecular formula is C27H29ClF3N3O5S. The number of carbonyl (C=O) groups excluding carboxylic acids is 1. The zero-order valence-electron chi connectivity index (χ0n) is 21.6. The minimum atomic E-state index is -5.70. The normalized spacial score (nSPS) is 24.6. The van der Waals surface area contributed by atoms with E-state index in [1.807, 2.05) is 13.0 Å². The number of nitrogens with zero attached hydrogens (tertiary/aromatic N) is 3. The topological polar surface area (TPSA) is 97.6 Å². The Hall–Kier alpha value is -3.12. The molecule has 2 aromatic carbocycles.